The molecule has 0 aliphatic heterocycles. The van der Waals surface area contributed by atoms with E-state index in [0.29, 0.717) is 11.7 Å². The molecule has 1 amide bonds. The number of nitrogens with two attached hydrogens (primary N) is 1. The summed E-state index contributed by atoms with van der Waals surface area (Å²) in [4.78, 5) is 31.9. The van der Waals surface area contributed by atoms with Crippen LogP contribution >= 0.6 is 11.8 Å². The molecule has 0 radical (unpaired) electrons. The van der Waals surface area contributed by atoms with Gasteiger partial charge in [-0.05, 0) is 31.5 Å². The number of aromatic nitrogens is 2. The quantitative estimate of drug-likeness (QED) is 0.648. The third-order valence-corrected chi connectivity index (χ3v) is 3.86. The molecular formula is C15H18N4O2S. The average Bonchev–Trinajstić information content (AvgIpc) is 2.45. The zero-order valence-electron chi connectivity index (χ0n) is 12.5. The van der Waals surface area contributed by atoms with Gasteiger partial charge in [0.1, 0.15) is 5.82 Å². The van der Waals surface area contributed by atoms with E-state index in [1.165, 1.54) is 6.07 Å². The van der Waals surface area contributed by atoms with Gasteiger partial charge in [0, 0.05) is 18.3 Å². The fraction of sp³-hybridized carbons (Fsp3) is 0.267. The highest BCUT2D eigenvalue weighted by Gasteiger charge is 2.15. The number of nitrogens with zero attached hydrogens (tertiary/aromatic N) is 2. The van der Waals surface area contributed by atoms with E-state index in [2.05, 4.69) is 9.97 Å². The first-order valence-electron chi connectivity index (χ1n) is 6.86. The van der Waals surface area contributed by atoms with E-state index in [-0.39, 0.29) is 23.0 Å². The van der Waals surface area contributed by atoms with Gasteiger partial charge in [-0.3, -0.25) is 9.59 Å². The van der Waals surface area contributed by atoms with Gasteiger partial charge in [-0.2, -0.15) is 0 Å². The third kappa shape index (κ3) is 4.11. The molecule has 0 saturated carbocycles. The maximum Gasteiger partial charge on any atom is 0.253 e. The Morgan fingerprint density at radius 3 is 2.82 bits per heavy atom. The molecular weight excluding hydrogens is 300 g/mol. The Hall–Kier alpha value is -2.28. The van der Waals surface area contributed by atoms with Crippen molar-refractivity contribution in [2.45, 2.75) is 19.0 Å². The number of aromatic amines is 1. The van der Waals surface area contributed by atoms with E-state index >= 15 is 0 Å². The van der Waals surface area contributed by atoms with Crippen LogP contribution in [-0.4, -0.2) is 28.2 Å². The first kappa shape index (κ1) is 16.1. The van der Waals surface area contributed by atoms with Crippen molar-refractivity contribution >= 4 is 29.2 Å². The van der Waals surface area contributed by atoms with E-state index in [4.69, 9.17) is 5.73 Å². The molecule has 1 heterocycles. The van der Waals surface area contributed by atoms with E-state index in [0.717, 1.165) is 23.0 Å². The van der Waals surface area contributed by atoms with Crippen molar-refractivity contribution in [1.29, 1.82) is 0 Å². The molecule has 0 bridgehead atoms. The van der Waals surface area contributed by atoms with Crippen LogP contribution in [0.5, 0.6) is 0 Å². The van der Waals surface area contributed by atoms with Crippen LogP contribution in [0.2, 0.25) is 0 Å². The molecule has 0 saturated heterocycles. The van der Waals surface area contributed by atoms with E-state index < -0.39 is 0 Å². The number of carbonyl (C=O) groups is 1. The number of rotatable bonds is 5. The summed E-state index contributed by atoms with van der Waals surface area (Å²) in [6.07, 6.45) is 0. The van der Waals surface area contributed by atoms with Gasteiger partial charge in [0.15, 0.2) is 5.16 Å². The molecule has 6 nitrogen and oxygen atoms in total. The van der Waals surface area contributed by atoms with Crippen molar-refractivity contribution in [3.8, 4) is 0 Å². The topological polar surface area (TPSA) is 92.1 Å². The van der Waals surface area contributed by atoms with Gasteiger partial charge in [-0.25, -0.2) is 4.98 Å². The highest BCUT2D eigenvalue weighted by atomic mass is 32.2. The zero-order valence-corrected chi connectivity index (χ0v) is 13.3. The highest BCUT2D eigenvalue weighted by molar-refractivity contribution is 7.99. The molecule has 0 aliphatic rings. The Balaban J connectivity index is 2.08. The first-order valence-corrected chi connectivity index (χ1v) is 7.85. The van der Waals surface area contributed by atoms with Crippen LogP contribution < -0.4 is 16.2 Å². The summed E-state index contributed by atoms with van der Waals surface area (Å²) in [6.45, 7) is 4.48. The highest BCUT2D eigenvalue weighted by Crippen LogP contribution is 2.19. The van der Waals surface area contributed by atoms with Gasteiger partial charge in [0.25, 0.3) is 5.56 Å². The Kier molecular flexibility index (Phi) is 5.21. The molecule has 0 aliphatic carbocycles. The molecule has 1 aromatic heterocycles. The van der Waals surface area contributed by atoms with Crippen LogP contribution in [-0.2, 0) is 4.79 Å². The number of hydrogen-bond donors (Lipinski definition) is 2. The Bertz CT molecular complexity index is 729. The van der Waals surface area contributed by atoms with Crippen molar-refractivity contribution in [3.63, 3.8) is 0 Å². The minimum atomic E-state index is -0.325. The molecule has 0 spiro atoms. The monoisotopic (exact) mass is 318 g/mol. The minimum Gasteiger partial charge on any atom is -0.383 e. The number of anilines is 2. The lowest BCUT2D eigenvalue weighted by atomic mass is 10.2. The van der Waals surface area contributed by atoms with Crippen molar-refractivity contribution in [1.82, 2.24) is 9.97 Å². The summed E-state index contributed by atoms with van der Waals surface area (Å²) in [5, 5.41) is 0.346. The van der Waals surface area contributed by atoms with Crippen molar-refractivity contribution in [2.75, 3.05) is 22.9 Å². The standard InChI is InChI=1S/C15H18N4O2S/c1-3-19(11-6-4-5-10(2)7-11)14(21)9-22-15-17-12(16)8-13(20)18-15/h4-8H,3,9H2,1-2H3,(H3,16,17,18,20). The summed E-state index contributed by atoms with van der Waals surface area (Å²) >= 11 is 1.16. The number of amides is 1. The number of nitrogens with one attached hydrogen (secondary N) is 1. The molecule has 0 atom stereocenters. The predicted molar refractivity (Wildman–Crippen MR) is 89.2 cm³/mol. The number of hydrogen-bond acceptors (Lipinski definition) is 5. The molecule has 2 rings (SSSR count). The molecule has 3 N–H and O–H groups in total. The summed E-state index contributed by atoms with van der Waals surface area (Å²) in [5.41, 5.74) is 7.15. The molecule has 0 fully saturated rings. The van der Waals surface area contributed by atoms with Gasteiger partial charge < -0.3 is 15.6 Å². The van der Waals surface area contributed by atoms with Crippen molar-refractivity contribution in [2.24, 2.45) is 0 Å². The second-order valence-electron chi connectivity index (χ2n) is 4.74. The maximum absolute atomic E-state index is 12.4. The second kappa shape index (κ2) is 7.13. The third-order valence-electron chi connectivity index (χ3n) is 3.00. The maximum atomic E-state index is 12.4. The Labute approximate surface area is 132 Å². The average molecular weight is 318 g/mol. The van der Waals surface area contributed by atoms with E-state index in [1.54, 1.807) is 4.90 Å². The lowest BCUT2D eigenvalue weighted by molar-refractivity contribution is -0.116. The van der Waals surface area contributed by atoms with E-state index in [9.17, 15) is 9.59 Å². The molecule has 116 valence electrons. The van der Waals surface area contributed by atoms with Crippen LogP contribution in [0.15, 0.2) is 40.3 Å². The van der Waals surface area contributed by atoms with Crippen molar-refractivity contribution in [3.05, 3.63) is 46.2 Å². The SMILES string of the molecule is CCN(C(=O)CSc1nc(N)cc(=O)[nH]1)c1cccc(C)c1. The fourth-order valence-electron chi connectivity index (χ4n) is 2.03. The largest absolute Gasteiger partial charge is 0.383 e. The van der Waals surface area contributed by atoms with Crippen molar-refractivity contribution < 1.29 is 4.79 Å². The summed E-state index contributed by atoms with van der Waals surface area (Å²) in [7, 11) is 0. The lowest BCUT2D eigenvalue weighted by Gasteiger charge is -2.21. The van der Waals surface area contributed by atoms with Crippen LogP contribution in [0.25, 0.3) is 0 Å². The molecule has 1 aromatic carbocycles. The smallest absolute Gasteiger partial charge is 0.253 e. The molecule has 0 unspecified atom stereocenters. The molecule has 22 heavy (non-hydrogen) atoms. The molecule has 2 aromatic rings. The number of benzene rings is 1. The second-order valence-corrected chi connectivity index (χ2v) is 5.71. The minimum absolute atomic E-state index is 0.0526. The van der Waals surface area contributed by atoms with Crippen LogP contribution in [0.4, 0.5) is 11.5 Å². The van der Waals surface area contributed by atoms with E-state index in [1.807, 2.05) is 38.1 Å². The van der Waals surface area contributed by atoms with Crippen LogP contribution in [0, 0.1) is 6.92 Å². The number of nitrogen functional groups attached to an aromatic ring is 1. The van der Waals surface area contributed by atoms with Crippen LogP contribution in [0.1, 0.15) is 12.5 Å². The number of carbonyl (C=O) groups excluding carboxylic acids is 1. The Morgan fingerprint density at radius 1 is 1.41 bits per heavy atom. The van der Waals surface area contributed by atoms with Gasteiger partial charge in [-0.1, -0.05) is 23.9 Å². The number of H-pyrrole nitrogens is 1. The normalized spacial score (nSPS) is 10.5. The fourth-order valence-corrected chi connectivity index (χ4v) is 2.79. The summed E-state index contributed by atoms with van der Waals surface area (Å²) < 4.78 is 0. The van der Waals surface area contributed by atoms with Gasteiger partial charge >= 0.3 is 0 Å². The lowest BCUT2D eigenvalue weighted by Crippen LogP contribution is -2.32. The Morgan fingerprint density at radius 2 is 2.18 bits per heavy atom. The van der Waals surface area contributed by atoms with Gasteiger partial charge in [-0.15, -0.1) is 0 Å². The number of thioether (sulfide) groups is 1. The van der Waals surface area contributed by atoms with Gasteiger partial charge in [0.05, 0.1) is 5.75 Å². The summed E-state index contributed by atoms with van der Waals surface area (Å²) in [6, 6.07) is 8.98. The summed E-state index contributed by atoms with van der Waals surface area (Å²) in [5.74, 6) is 0.265. The van der Waals surface area contributed by atoms with Gasteiger partial charge in [0.2, 0.25) is 5.91 Å². The number of aryl methyl sites for hydroxylation is 1. The van der Waals surface area contributed by atoms with Crippen LogP contribution in [0.3, 0.4) is 0 Å². The predicted octanol–water partition coefficient (Wildman–Crippen LogP) is 1.81. The first-order chi connectivity index (χ1) is 10.5. The zero-order chi connectivity index (χ0) is 16.1. The molecule has 7 heteroatoms.